The molecule has 0 radical (unpaired) electrons. The fourth-order valence-electron chi connectivity index (χ4n) is 2.80. The smallest absolute Gasteiger partial charge is 0.289 e. The first-order valence-corrected chi connectivity index (χ1v) is 9.65. The molecule has 1 N–H and O–H groups in total. The first kappa shape index (κ1) is 18.4. The van der Waals surface area contributed by atoms with Crippen LogP contribution >= 0.6 is 11.6 Å². The molecule has 0 saturated carbocycles. The standard InChI is InChI=1S/C16H15ClFN3O4S/c17-13-5-4-12(10-16(13)21(22)23)26(24,25)19-11-3-6-15(14(18)9-11)20-7-1-2-8-20/h3-6,9-10,19H,1-2,7-8H2. The van der Waals surface area contributed by atoms with E-state index in [1.807, 2.05) is 4.90 Å². The molecule has 7 nitrogen and oxygen atoms in total. The van der Waals surface area contributed by atoms with Crippen molar-refractivity contribution in [3.63, 3.8) is 0 Å². The number of hydrogen-bond acceptors (Lipinski definition) is 5. The zero-order chi connectivity index (χ0) is 18.9. The van der Waals surface area contributed by atoms with Gasteiger partial charge in [-0.25, -0.2) is 12.8 Å². The number of nitrogens with one attached hydrogen (secondary N) is 1. The molecule has 0 atom stereocenters. The van der Waals surface area contributed by atoms with E-state index in [9.17, 15) is 22.9 Å². The topological polar surface area (TPSA) is 92.5 Å². The van der Waals surface area contributed by atoms with Crippen molar-refractivity contribution in [3.8, 4) is 0 Å². The monoisotopic (exact) mass is 399 g/mol. The zero-order valence-corrected chi connectivity index (χ0v) is 15.1. The van der Waals surface area contributed by atoms with Crippen LogP contribution in [0.25, 0.3) is 0 Å². The molecule has 3 rings (SSSR count). The number of anilines is 2. The fraction of sp³-hybridized carbons (Fsp3) is 0.250. The number of hydrogen-bond donors (Lipinski definition) is 1. The van der Waals surface area contributed by atoms with Gasteiger partial charge in [-0.15, -0.1) is 0 Å². The number of rotatable bonds is 5. The van der Waals surface area contributed by atoms with Crippen LogP contribution in [-0.2, 0) is 10.0 Å². The third-order valence-corrected chi connectivity index (χ3v) is 5.77. The molecule has 0 amide bonds. The molecule has 0 unspecified atom stereocenters. The summed E-state index contributed by atoms with van der Waals surface area (Å²) >= 11 is 5.69. The minimum Gasteiger partial charge on any atom is -0.369 e. The van der Waals surface area contributed by atoms with Gasteiger partial charge in [0.1, 0.15) is 10.8 Å². The molecule has 1 heterocycles. The Labute approximate surface area is 154 Å². The fourth-order valence-corrected chi connectivity index (χ4v) is 4.05. The van der Waals surface area contributed by atoms with Crippen LogP contribution in [0.4, 0.5) is 21.5 Å². The lowest BCUT2D eigenvalue weighted by atomic mass is 10.2. The summed E-state index contributed by atoms with van der Waals surface area (Å²) in [4.78, 5) is 11.7. The third kappa shape index (κ3) is 3.73. The second kappa shape index (κ2) is 7.08. The van der Waals surface area contributed by atoms with Crippen LogP contribution in [0.2, 0.25) is 5.02 Å². The molecule has 1 aliphatic heterocycles. The van der Waals surface area contributed by atoms with Crippen molar-refractivity contribution >= 4 is 38.7 Å². The summed E-state index contributed by atoms with van der Waals surface area (Å²) in [6.45, 7) is 1.52. The first-order chi connectivity index (χ1) is 12.3. The van der Waals surface area contributed by atoms with E-state index in [0.29, 0.717) is 5.69 Å². The van der Waals surface area contributed by atoms with Gasteiger partial charge in [0, 0.05) is 25.2 Å². The van der Waals surface area contributed by atoms with E-state index in [4.69, 9.17) is 11.6 Å². The van der Waals surface area contributed by atoms with Crippen molar-refractivity contribution < 1.29 is 17.7 Å². The normalized spacial score (nSPS) is 14.5. The number of halogens is 2. The van der Waals surface area contributed by atoms with Crippen LogP contribution in [0.3, 0.4) is 0 Å². The summed E-state index contributed by atoms with van der Waals surface area (Å²) in [7, 11) is -4.13. The van der Waals surface area contributed by atoms with E-state index in [2.05, 4.69) is 4.72 Å². The molecule has 0 bridgehead atoms. The largest absolute Gasteiger partial charge is 0.369 e. The van der Waals surface area contributed by atoms with Gasteiger partial charge in [-0.1, -0.05) is 11.6 Å². The summed E-state index contributed by atoms with van der Waals surface area (Å²) in [6, 6.07) is 7.20. The predicted octanol–water partition coefficient (Wildman–Crippen LogP) is 3.79. The van der Waals surface area contributed by atoms with Gasteiger partial charge in [0.05, 0.1) is 21.2 Å². The number of nitro benzene ring substituents is 1. The van der Waals surface area contributed by atoms with Gasteiger partial charge >= 0.3 is 0 Å². The van der Waals surface area contributed by atoms with Crippen molar-refractivity contribution in [2.75, 3.05) is 22.7 Å². The van der Waals surface area contributed by atoms with Crippen LogP contribution in [0.15, 0.2) is 41.3 Å². The Morgan fingerprint density at radius 3 is 2.46 bits per heavy atom. The molecule has 26 heavy (non-hydrogen) atoms. The Balaban J connectivity index is 1.87. The Hall–Kier alpha value is -2.39. The van der Waals surface area contributed by atoms with Crippen LogP contribution < -0.4 is 9.62 Å². The summed E-state index contributed by atoms with van der Waals surface area (Å²) < 4.78 is 41.4. The second-order valence-electron chi connectivity index (χ2n) is 5.84. The minimum absolute atomic E-state index is 0.0306. The SMILES string of the molecule is O=[N+]([O-])c1cc(S(=O)(=O)Nc2ccc(N3CCCC3)c(F)c2)ccc1Cl. The summed E-state index contributed by atoms with van der Waals surface area (Å²) in [5.74, 6) is -0.533. The maximum atomic E-state index is 14.3. The minimum atomic E-state index is -4.13. The van der Waals surface area contributed by atoms with Gasteiger partial charge in [-0.05, 0) is 37.1 Å². The van der Waals surface area contributed by atoms with E-state index in [1.54, 1.807) is 0 Å². The Morgan fingerprint density at radius 2 is 1.85 bits per heavy atom. The Bertz CT molecular complexity index is 962. The molecule has 10 heteroatoms. The number of nitro groups is 1. The van der Waals surface area contributed by atoms with Crippen molar-refractivity contribution in [1.82, 2.24) is 0 Å². The molecule has 1 aliphatic rings. The zero-order valence-electron chi connectivity index (χ0n) is 13.5. The van der Waals surface area contributed by atoms with Crippen molar-refractivity contribution in [1.29, 1.82) is 0 Å². The highest BCUT2D eigenvalue weighted by Gasteiger charge is 2.22. The molecule has 1 fully saturated rings. The number of nitrogens with zero attached hydrogens (tertiary/aromatic N) is 2. The van der Waals surface area contributed by atoms with Gasteiger partial charge in [0.2, 0.25) is 0 Å². The molecule has 2 aromatic rings. The average molecular weight is 400 g/mol. The van der Waals surface area contributed by atoms with E-state index in [-0.39, 0.29) is 15.6 Å². The van der Waals surface area contributed by atoms with Gasteiger partial charge in [0.15, 0.2) is 0 Å². The quantitative estimate of drug-likeness (QED) is 0.610. The highest BCUT2D eigenvalue weighted by Crippen LogP contribution is 2.30. The van der Waals surface area contributed by atoms with E-state index < -0.39 is 26.5 Å². The van der Waals surface area contributed by atoms with E-state index in [1.165, 1.54) is 12.1 Å². The van der Waals surface area contributed by atoms with E-state index >= 15 is 0 Å². The number of benzene rings is 2. The molecular formula is C16H15ClFN3O4S. The van der Waals surface area contributed by atoms with E-state index in [0.717, 1.165) is 50.2 Å². The summed E-state index contributed by atoms with van der Waals surface area (Å²) in [5, 5.41) is 10.7. The van der Waals surface area contributed by atoms with Crippen molar-refractivity contribution in [2.45, 2.75) is 17.7 Å². The maximum Gasteiger partial charge on any atom is 0.289 e. The Morgan fingerprint density at radius 1 is 1.15 bits per heavy atom. The van der Waals surface area contributed by atoms with Crippen LogP contribution in [0.5, 0.6) is 0 Å². The van der Waals surface area contributed by atoms with Crippen LogP contribution in [0, 0.1) is 15.9 Å². The van der Waals surface area contributed by atoms with Gasteiger partial charge in [-0.2, -0.15) is 0 Å². The molecule has 0 aromatic heterocycles. The highest BCUT2D eigenvalue weighted by atomic mass is 35.5. The molecule has 0 aliphatic carbocycles. The van der Waals surface area contributed by atoms with Crippen molar-refractivity contribution in [3.05, 3.63) is 57.4 Å². The van der Waals surface area contributed by atoms with Gasteiger partial charge < -0.3 is 4.90 Å². The van der Waals surface area contributed by atoms with Gasteiger partial charge in [0.25, 0.3) is 15.7 Å². The average Bonchev–Trinajstić information content (AvgIpc) is 3.08. The lowest BCUT2D eigenvalue weighted by Crippen LogP contribution is -2.19. The molecule has 2 aromatic carbocycles. The second-order valence-corrected chi connectivity index (χ2v) is 7.93. The van der Waals surface area contributed by atoms with Crippen LogP contribution in [-0.4, -0.2) is 26.4 Å². The third-order valence-electron chi connectivity index (χ3n) is 4.07. The lowest BCUT2D eigenvalue weighted by Gasteiger charge is -2.19. The summed E-state index contributed by atoms with van der Waals surface area (Å²) in [5.41, 5.74) is -0.0688. The maximum absolute atomic E-state index is 14.3. The molecule has 0 spiro atoms. The molecule has 138 valence electrons. The molecule has 1 saturated heterocycles. The van der Waals surface area contributed by atoms with Gasteiger partial charge in [-0.3, -0.25) is 14.8 Å². The number of sulfonamides is 1. The van der Waals surface area contributed by atoms with Crippen molar-refractivity contribution in [2.24, 2.45) is 0 Å². The molecular weight excluding hydrogens is 385 g/mol. The summed E-state index contributed by atoms with van der Waals surface area (Å²) in [6.07, 6.45) is 1.98. The predicted molar refractivity (Wildman–Crippen MR) is 96.8 cm³/mol. The first-order valence-electron chi connectivity index (χ1n) is 7.79. The highest BCUT2D eigenvalue weighted by molar-refractivity contribution is 7.92. The lowest BCUT2D eigenvalue weighted by molar-refractivity contribution is -0.384. The van der Waals surface area contributed by atoms with Crippen LogP contribution in [0.1, 0.15) is 12.8 Å². The Kier molecular flexibility index (Phi) is 5.01.